The van der Waals surface area contributed by atoms with Crippen LogP contribution in [-0.4, -0.2) is 45.8 Å². The molecular formula is C27H26N4O2S. The monoisotopic (exact) mass is 470 g/mol. The second-order valence-corrected chi connectivity index (χ2v) is 9.19. The van der Waals surface area contributed by atoms with Gasteiger partial charge in [-0.15, -0.1) is 10.2 Å². The Hall–Kier alpha value is -3.58. The Morgan fingerprint density at radius 2 is 1.53 bits per heavy atom. The average molecular weight is 471 g/mol. The largest absolute Gasteiger partial charge is 0.496 e. The third-order valence-corrected chi connectivity index (χ3v) is 7.15. The van der Waals surface area contributed by atoms with Gasteiger partial charge in [-0.25, -0.2) is 0 Å². The van der Waals surface area contributed by atoms with Crippen LogP contribution in [0.4, 0.5) is 0 Å². The molecule has 0 aliphatic carbocycles. The Labute approximate surface area is 203 Å². The highest BCUT2D eigenvalue weighted by atomic mass is 32.2. The van der Waals surface area contributed by atoms with E-state index in [0.717, 1.165) is 48.5 Å². The molecule has 0 spiro atoms. The number of thioether (sulfide) groups is 1. The van der Waals surface area contributed by atoms with Crippen LogP contribution in [0.25, 0.3) is 17.1 Å². The first-order chi connectivity index (χ1) is 16.8. The van der Waals surface area contributed by atoms with Crippen LogP contribution in [0.5, 0.6) is 5.75 Å². The van der Waals surface area contributed by atoms with Gasteiger partial charge in [-0.3, -0.25) is 9.36 Å². The second kappa shape index (κ2) is 10.1. The fourth-order valence-electron chi connectivity index (χ4n) is 4.26. The number of methoxy groups -OCH3 is 1. The van der Waals surface area contributed by atoms with Gasteiger partial charge in [0.05, 0.1) is 12.7 Å². The lowest BCUT2D eigenvalue weighted by Crippen LogP contribution is -2.31. The second-order valence-electron chi connectivity index (χ2n) is 8.12. The summed E-state index contributed by atoms with van der Waals surface area (Å²) in [6, 6.07) is 27.7. The third-order valence-electron chi connectivity index (χ3n) is 5.96. The van der Waals surface area contributed by atoms with Crippen molar-refractivity contribution in [2.24, 2.45) is 0 Å². The van der Waals surface area contributed by atoms with Gasteiger partial charge in [0.2, 0.25) is 5.91 Å². The predicted octanol–water partition coefficient (Wildman–Crippen LogP) is 5.40. The van der Waals surface area contributed by atoms with Gasteiger partial charge in [0.15, 0.2) is 11.0 Å². The van der Waals surface area contributed by atoms with Crippen molar-refractivity contribution in [2.75, 3.05) is 20.2 Å². The molecule has 0 bridgehead atoms. The lowest BCUT2D eigenvalue weighted by molar-refractivity contribution is -0.129. The van der Waals surface area contributed by atoms with Gasteiger partial charge in [0.1, 0.15) is 11.0 Å². The summed E-state index contributed by atoms with van der Waals surface area (Å²) < 4.78 is 7.62. The lowest BCUT2D eigenvalue weighted by Gasteiger charge is -2.23. The van der Waals surface area contributed by atoms with Crippen molar-refractivity contribution in [3.05, 3.63) is 90.5 Å². The van der Waals surface area contributed by atoms with Gasteiger partial charge >= 0.3 is 0 Å². The van der Waals surface area contributed by atoms with Crippen molar-refractivity contribution < 1.29 is 9.53 Å². The van der Waals surface area contributed by atoms with Gasteiger partial charge < -0.3 is 9.64 Å². The Bertz CT molecular complexity index is 1250. The maximum Gasteiger partial charge on any atom is 0.240 e. The molecule has 5 rings (SSSR count). The number of nitrogens with zero attached hydrogens (tertiary/aromatic N) is 4. The Morgan fingerprint density at radius 1 is 0.882 bits per heavy atom. The molecule has 0 N–H and O–H groups in total. The molecule has 0 radical (unpaired) electrons. The van der Waals surface area contributed by atoms with Crippen LogP contribution >= 0.6 is 11.8 Å². The van der Waals surface area contributed by atoms with Crippen LogP contribution in [-0.2, 0) is 4.79 Å². The van der Waals surface area contributed by atoms with Crippen LogP contribution in [0.1, 0.15) is 23.7 Å². The van der Waals surface area contributed by atoms with Crippen molar-refractivity contribution >= 4 is 17.7 Å². The number of amides is 1. The maximum absolute atomic E-state index is 13.6. The summed E-state index contributed by atoms with van der Waals surface area (Å²) in [5.74, 6) is 1.51. The number of carbonyl (C=O) groups excluding carboxylic acids is 1. The number of hydrogen-bond acceptors (Lipinski definition) is 5. The number of aromatic nitrogens is 3. The van der Waals surface area contributed by atoms with Crippen LogP contribution in [0.15, 0.2) is 90.1 Å². The van der Waals surface area contributed by atoms with Gasteiger partial charge in [0.25, 0.3) is 0 Å². The summed E-state index contributed by atoms with van der Waals surface area (Å²) in [6.45, 7) is 1.61. The number of carbonyl (C=O) groups is 1. The molecule has 1 unspecified atom stereocenters. The molecule has 1 aliphatic heterocycles. The molecule has 0 saturated carbocycles. The molecule has 1 aliphatic rings. The zero-order valence-corrected chi connectivity index (χ0v) is 19.8. The topological polar surface area (TPSA) is 60.3 Å². The highest BCUT2D eigenvalue weighted by Crippen LogP contribution is 2.40. The first-order valence-corrected chi connectivity index (χ1v) is 12.3. The van der Waals surface area contributed by atoms with Crippen LogP contribution in [0.2, 0.25) is 0 Å². The van der Waals surface area contributed by atoms with Crippen molar-refractivity contribution in [3.63, 3.8) is 0 Å². The zero-order valence-electron chi connectivity index (χ0n) is 19.0. The summed E-state index contributed by atoms with van der Waals surface area (Å²) in [5.41, 5.74) is 2.73. The average Bonchev–Trinajstić information content (AvgIpc) is 3.58. The predicted molar refractivity (Wildman–Crippen MR) is 134 cm³/mol. The molecule has 172 valence electrons. The van der Waals surface area contributed by atoms with Crippen molar-refractivity contribution in [3.8, 4) is 22.8 Å². The molecule has 7 heteroatoms. The SMILES string of the molecule is COc1ccccc1-c1nnc(SC(C(=O)N2CCCC2)c2ccccc2)n1-c1ccccc1. The molecule has 3 aromatic carbocycles. The summed E-state index contributed by atoms with van der Waals surface area (Å²) in [5, 5.41) is 9.39. The number of benzene rings is 3. The van der Waals surface area contributed by atoms with E-state index in [1.807, 2.05) is 94.4 Å². The Morgan fingerprint density at radius 3 is 2.24 bits per heavy atom. The van der Waals surface area contributed by atoms with Crippen LogP contribution < -0.4 is 4.74 Å². The lowest BCUT2D eigenvalue weighted by atomic mass is 10.1. The number of ether oxygens (including phenoxy) is 1. The molecule has 1 amide bonds. The minimum atomic E-state index is -0.406. The smallest absolute Gasteiger partial charge is 0.240 e. The minimum Gasteiger partial charge on any atom is -0.496 e. The first kappa shape index (κ1) is 22.2. The van der Waals surface area contributed by atoms with Crippen molar-refractivity contribution in [2.45, 2.75) is 23.2 Å². The summed E-state index contributed by atoms with van der Waals surface area (Å²) in [7, 11) is 1.65. The summed E-state index contributed by atoms with van der Waals surface area (Å²) in [6.07, 6.45) is 2.10. The van der Waals surface area contributed by atoms with E-state index in [4.69, 9.17) is 4.74 Å². The van der Waals surface area contributed by atoms with Gasteiger partial charge in [-0.2, -0.15) is 0 Å². The van der Waals surface area contributed by atoms with E-state index in [9.17, 15) is 4.79 Å². The molecule has 4 aromatic rings. The number of rotatable bonds is 7. The van der Waals surface area contributed by atoms with Gasteiger partial charge in [-0.05, 0) is 42.7 Å². The Kier molecular flexibility index (Phi) is 6.62. The molecule has 1 atom stereocenters. The van der Waals surface area contributed by atoms with Crippen molar-refractivity contribution in [1.29, 1.82) is 0 Å². The van der Waals surface area contributed by atoms with Crippen molar-refractivity contribution in [1.82, 2.24) is 19.7 Å². The molecule has 6 nitrogen and oxygen atoms in total. The van der Waals surface area contributed by atoms with E-state index in [1.165, 1.54) is 11.8 Å². The Balaban J connectivity index is 1.61. The molecule has 1 saturated heterocycles. The van der Waals surface area contributed by atoms with Gasteiger partial charge in [0, 0.05) is 18.8 Å². The highest BCUT2D eigenvalue weighted by molar-refractivity contribution is 8.00. The summed E-state index contributed by atoms with van der Waals surface area (Å²) in [4.78, 5) is 15.6. The number of likely N-dealkylation sites (tertiary alicyclic amines) is 1. The fraction of sp³-hybridized carbons (Fsp3) is 0.222. The fourth-order valence-corrected chi connectivity index (χ4v) is 5.40. The zero-order chi connectivity index (χ0) is 23.3. The molecule has 34 heavy (non-hydrogen) atoms. The number of hydrogen-bond donors (Lipinski definition) is 0. The molecule has 1 aromatic heterocycles. The minimum absolute atomic E-state index is 0.121. The molecule has 2 heterocycles. The van der Waals surface area contributed by atoms with E-state index in [0.29, 0.717) is 11.0 Å². The highest BCUT2D eigenvalue weighted by Gasteiger charge is 2.31. The first-order valence-electron chi connectivity index (χ1n) is 11.4. The normalized spacial score (nSPS) is 14.2. The number of para-hydroxylation sites is 2. The van der Waals surface area contributed by atoms with E-state index in [2.05, 4.69) is 10.2 Å². The van der Waals surface area contributed by atoms with Crippen LogP contribution in [0, 0.1) is 0 Å². The molecular weight excluding hydrogens is 444 g/mol. The third kappa shape index (κ3) is 4.43. The van der Waals surface area contributed by atoms with E-state index < -0.39 is 5.25 Å². The quantitative estimate of drug-likeness (QED) is 0.339. The van der Waals surface area contributed by atoms with Crippen LogP contribution in [0.3, 0.4) is 0 Å². The molecule has 1 fully saturated rings. The van der Waals surface area contributed by atoms with E-state index in [1.54, 1.807) is 7.11 Å². The summed E-state index contributed by atoms with van der Waals surface area (Å²) >= 11 is 1.44. The van der Waals surface area contributed by atoms with E-state index >= 15 is 0 Å². The van der Waals surface area contributed by atoms with Gasteiger partial charge in [-0.1, -0.05) is 72.4 Å². The van der Waals surface area contributed by atoms with E-state index in [-0.39, 0.29) is 5.91 Å². The maximum atomic E-state index is 13.6. The standard InChI is InChI=1S/C27H26N4O2S/c1-33-23-17-9-8-16-22(23)25-28-29-27(31(25)21-14-6-3-7-15-21)34-24(20-12-4-2-5-13-20)26(32)30-18-10-11-19-30/h2-9,12-17,24H,10-11,18-19H2,1H3.